The van der Waals surface area contributed by atoms with Crippen LogP contribution in [0.15, 0.2) is 47.5 Å². The molecule has 20 heavy (non-hydrogen) atoms. The highest BCUT2D eigenvalue weighted by atomic mass is 32.2. The molecule has 3 heteroatoms. The second kappa shape index (κ2) is 6.11. The highest BCUT2D eigenvalue weighted by molar-refractivity contribution is 7.98. The summed E-state index contributed by atoms with van der Waals surface area (Å²) in [6, 6.07) is 14.6. The third-order valence-corrected chi connectivity index (χ3v) is 4.17. The third kappa shape index (κ3) is 3.61. The van der Waals surface area contributed by atoms with Crippen LogP contribution in [-0.2, 0) is 11.2 Å². The van der Waals surface area contributed by atoms with Crippen molar-refractivity contribution in [2.45, 2.75) is 36.8 Å². The van der Waals surface area contributed by atoms with Gasteiger partial charge < -0.3 is 0 Å². The van der Waals surface area contributed by atoms with E-state index in [1.165, 1.54) is 10.5 Å². The Morgan fingerprint density at radius 1 is 1.15 bits per heavy atom. The molecule has 0 aliphatic heterocycles. The van der Waals surface area contributed by atoms with Crippen LogP contribution in [-0.4, -0.2) is 4.98 Å². The van der Waals surface area contributed by atoms with Gasteiger partial charge in [-0.3, -0.25) is 0 Å². The van der Waals surface area contributed by atoms with Gasteiger partial charge in [-0.15, -0.1) is 11.8 Å². The molecule has 1 aromatic carbocycles. The van der Waals surface area contributed by atoms with Gasteiger partial charge in [0.25, 0.3) is 0 Å². The summed E-state index contributed by atoms with van der Waals surface area (Å²) in [5, 5.41) is 9.02. The largest absolute Gasteiger partial charge is 0.245 e. The lowest BCUT2D eigenvalue weighted by Crippen LogP contribution is -2.10. The molecule has 2 aromatic rings. The second-order valence-corrected chi connectivity index (χ2v) is 6.73. The molecule has 1 heterocycles. The van der Waals surface area contributed by atoms with Crippen LogP contribution in [0.5, 0.6) is 0 Å². The van der Waals surface area contributed by atoms with Crippen LogP contribution in [0.25, 0.3) is 0 Å². The summed E-state index contributed by atoms with van der Waals surface area (Å²) in [7, 11) is 0. The van der Waals surface area contributed by atoms with Gasteiger partial charge in [-0.05, 0) is 34.7 Å². The number of hydrogen-bond acceptors (Lipinski definition) is 3. The Kier molecular flexibility index (Phi) is 4.46. The summed E-state index contributed by atoms with van der Waals surface area (Å²) >= 11 is 1.73. The van der Waals surface area contributed by atoms with E-state index in [9.17, 15) is 0 Å². The summed E-state index contributed by atoms with van der Waals surface area (Å²) < 4.78 is 0. The molecule has 102 valence electrons. The Balaban J connectivity index is 2.07. The molecule has 0 unspecified atom stereocenters. The normalized spacial score (nSPS) is 11.1. The van der Waals surface area contributed by atoms with Gasteiger partial charge in [0.2, 0.25) is 0 Å². The first kappa shape index (κ1) is 14.6. The van der Waals surface area contributed by atoms with Crippen molar-refractivity contribution in [2.75, 3.05) is 0 Å². The van der Waals surface area contributed by atoms with E-state index in [0.29, 0.717) is 5.69 Å². The highest BCUT2D eigenvalue weighted by Crippen LogP contribution is 2.27. The van der Waals surface area contributed by atoms with Crippen molar-refractivity contribution < 1.29 is 0 Å². The van der Waals surface area contributed by atoms with Gasteiger partial charge in [-0.1, -0.05) is 39.0 Å². The van der Waals surface area contributed by atoms with E-state index >= 15 is 0 Å². The topological polar surface area (TPSA) is 36.7 Å². The van der Waals surface area contributed by atoms with Crippen LogP contribution in [0.4, 0.5) is 0 Å². The average Bonchev–Trinajstić information content (AvgIpc) is 2.45. The van der Waals surface area contributed by atoms with Crippen LogP contribution in [0, 0.1) is 11.3 Å². The molecule has 2 nitrogen and oxygen atoms in total. The van der Waals surface area contributed by atoms with Crippen molar-refractivity contribution in [3.8, 4) is 6.07 Å². The first-order valence-electron chi connectivity index (χ1n) is 6.58. The minimum absolute atomic E-state index is 0.181. The predicted molar refractivity (Wildman–Crippen MR) is 83.7 cm³/mol. The molecule has 0 spiro atoms. The third-order valence-electron chi connectivity index (χ3n) is 3.11. The lowest BCUT2D eigenvalue weighted by atomic mass is 9.87. The average molecular weight is 282 g/mol. The fourth-order valence-electron chi connectivity index (χ4n) is 1.87. The van der Waals surface area contributed by atoms with Gasteiger partial charge in [0, 0.05) is 16.8 Å². The second-order valence-electron chi connectivity index (χ2n) is 5.69. The number of thioether (sulfide) groups is 1. The molecule has 1 aromatic heterocycles. The van der Waals surface area contributed by atoms with E-state index in [1.807, 2.05) is 12.1 Å². The van der Waals surface area contributed by atoms with Crippen LogP contribution in [0.3, 0.4) is 0 Å². The van der Waals surface area contributed by atoms with Crippen molar-refractivity contribution in [1.82, 2.24) is 4.98 Å². The molecular formula is C17H18N2S. The lowest BCUT2D eigenvalue weighted by Gasteiger charge is -2.19. The Labute approximate surface area is 124 Å². The van der Waals surface area contributed by atoms with E-state index in [0.717, 1.165) is 11.3 Å². The van der Waals surface area contributed by atoms with Crippen molar-refractivity contribution >= 4 is 11.8 Å². The number of rotatable bonds is 3. The van der Waals surface area contributed by atoms with Crippen LogP contribution in [0.1, 0.15) is 37.6 Å². The van der Waals surface area contributed by atoms with Gasteiger partial charge in [-0.25, -0.2) is 4.98 Å². The van der Waals surface area contributed by atoms with Crippen molar-refractivity contribution in [2.24, 2.45) is 0 Å². The molecule has 0 atom stereocenters. The van der Waals surface area contributed by atoms with Crippen LogP contribution < -0.4 is 0 Å². The van der Waals surface area contributed by atoms with Gasteiger partial charge in [0.1, 0.15) is 11.8 Å². The van der Waals surface area contributed by atoms with Crippen LogP contribution >= 0.6 is 11.8 Å². The molecule has 0 saturated heterocycles. The summed E-state index contributed by atoms with van der Waals surface area (Å²) in [4.78, 5) is 5.30. The zero-order chi connectivity index (χ0) is 14.6. The fraction of sp³-hybridized carbons (Fsp3) is 0.294. The smallest absolute Gasteiger partial charge is 0.144 e. The molecule has 2 rings (SSSR count). The minimum Gasteiger partial charge on any atom is -0.245 e. The first-order chi connectivity index (χ1) is 9.50. The van der Waals surface area contributed by atoms with E-state index in [1.54, 1.807) is 18.0 Å². The van der Waals surface area contributed by atoms with E-state index in [4.69, 9.17) is 5.26 Å². The van der Waals surface area contributed by atoms with Crippen molar-refractivity contribution in [3.63, 3.8) is 0 Å². The SMILES string of the molecule is CC(C)(C)c1ccc(SCc2cccnc2C#N)cc1. The minimum atomic E-state index is 0.181. The monoisotopic (exact) mass is 282 g/mol. The van der Waals surface area contributed by atoms with Crippen molar-refractivity contribution in [1.29, 1.82) is 5.26 Å². The Morgan fingerprint density at radius 2 is 1.85 bits per heavy atom. The molecule has 0 aliphatic rings. The molecule has 0 fully saturated rings. The standard InChI is InChI=1S/C17H18N2S/c1-17(2,3)14-6-8-15(9-7-14)20-12-13-5-4-10-19-16(13)11-18/h4-10H,12H2,1-3H3. The summed E-state index contributed by atoms with van der Waals surface area (Å²) in [5.74, 6) is 0.769. The molecule has 0 saturated carbocycles. The van der Waals surface area contributed by atoms with Gasteiger partial charge >= 0.3 is 0 Å². The Bertz CT molecular complexity index is 619. The molecule has 0 bridgehead atoms. The first-order valence-corrected chi connectivity index (χ1v) is 7.56. The van der Waals surface area contributed by atoms with E-state index in [-0.39, 0.29) is 5.41 Å². The van der Waals surface area contributed by atoms with Gasteiger partial charge in [-0.2, -0.15) is 5.26 Å². The van der Waals surface area contributed by atoms with Crippen LogP contribution in [0.2, 0.25) is 0 Å². The number of nitrogens with zero attached hydrogens (tertiary/aromatic N) is 2. The lowest BCUT2D eigenvalue weighted by molar-refractivity contribution is 0.590. The zero-order valence-electron chi connectivity index (χ0n) is 12.1. The summed E-state index contributed by atoms with van der Waals surface area (Å²) in [5.41, 5.74) is 3.02. The number of hydrogen-bond donors (Lipinski definition) is 0. The summed E-state index contributed by atoms with van der Waals surface area (Å²) in [6.07, 6.45) is 1.66. The van der Waals surface area contributed by atoms with Gasteiger partial charge in [0.15, 0.2) is 0 Å². The Hall–Kier alpha value is -1.79. The maximum absolute atomic E-state index is 9.02. The number of nitriles is 1. The number of aromatic nitrogens is 1. The molecule has 0 amide bonds. The molecule has 0 N–H and O–H groups in total. The molecule has 0 radical (unpaired) electrons. The molecule has 0 aliphatic carbocycles. The van der Waals surface area contributed by atoms with E-state index < -0.39 is 0 Å². The zero-order valence-corrected chi connectivity index (χ0v) is 12.9. The predicted octanol–water partition coefficient (Wildman–Crippen LogP) is 4.54. The maximum Gasteiger partial charge on any atom is 0.144 e. The van der Waals surface area contributed by atoms with Gasteiger partial charge in [0.05, 0.1) is 0 Å². The number of benzene rings is 1. The maximum atomic E-state index is 9.02. The van der Waals surface area contributed by atoms with Crippen molar-refractivity contribution in [3.05, 3.63) is 59.4 Å². The quantitative estimate of drug-likeness (QED) is 0.775. The number of pyridine rings is 1. The highest BCUT2D eigenvalue weighted by Gasteiger charge is 2.13. The molecular weight excluding hydrogens is 264 g/mol. The Morgan fingerprint density at radius 3 is 2.45 bits per heavy atom. The summed E-state index contributed by atoms with van der Waals surface area (Å²) in [6.45, 7) is 6.64. The fourth-order valence-corrected chi connectivity index (χ4v) is 2.75. The van der Waals surface area contributed by atoms with E-state index in [2.05, 4.69) is 56.1 Å².